The fourth-order valence-electron chi connectivity index (χ4n) is 1.73. The van der Waals surface area contributed by atoms with E-state index in [9.17, 15) is 8.78 Å². The molecule has 0 saturated carbocycles. The highest BCUT2D eigenvalue weighted by Gasteiger charge is 2.22. The quantitative estimate of drug-likeness (QED) is 0.872. The van der Waals surface area contributed by atoms with E-state index in [4.69, 9.17) is 34.2 Å². The third-order valence-electron chi connectivity index (χ3n) is 2.61. The largest absolute Gasteiger partial charge is 0.430 e. The predicted octanol–water partition coefficient (Wildman–Crippen LogP) is 3.54. The van der Waals surface area contributed by atoms with Crippen molar-refractivity contribution in [1.82, 2.24) is 9.78 Å². The number of hydrogen-bond acceptors (Lipinski definition) is 4. The zero-order chi connectivity index (χ0) is 15.7. The SMILES string of the molecule is Cc1nn(-c2cc(N)c(Cl)cc2Cl)c(C#N)c1OC(F)F. The fourth-order valence-corrected chi connectivity index (χ4v) is 2.19. The summed E-state index contributed by atoms with van der Waals surface area (Å²) in [7, 11) is 0. The van der Waals surface area contributed by atoms with Crippen molar-refractivity contribution in [1.29, 1.82) is 5.26 Å². The molecule has 1 aromatic carbocycles. The molecule has 9 heteroatoms. The number of hydrogen-bond donors (Lipinski definition) is 1. The van der Waals surface area contributed by atoms with Gasteiger partial charge in [0.2, 0.25) is 0 Å². The van der Waals surface area contributed by atoms with Crippen LogP contribution in [0.15, 0.2) is 12.1 Å². The van der Waals surface area contributed by atoms with Gasteiger partial charge in [0.15, 0.2) is 11.4 Å². The molecule has 5 nitrogen and oxygen atoms in total. The van der Waals surface area contributed by atoms with Gasteiger partial charge < -0.3 is 10.5 Å². The minimum atomic E-state index is -3.07. The first-order chi connectivity index (χ1) is 9.85. The molecule has 0 bridgehead atoms. The lowest BCUT2D eigenvalue weighted by molar-refractivity contribution is -0.0505. The molecule has 0 saturated heterocycles. The van der Waals surface area contributed by atoms with E-state index in [-0.39, 0.29) is 38.6 Å². The van der Waals surface area contributed by atoms with Gasteiger partial charge >= 0.3 is 6.61 Å². The summed E-state index contributed by atoms with van der Waals surface area (Å²) in [6, 6.07) is 4.53. The highest BCUT2D eigenvalue weighted by Crippen LogP contribution is 2.33. The number of anilines is 1. The van der Waals surface area contributed by atoms with Crippen molar-refractivity contribution in [2.45, 2.75) is 13.5 Å². The van der Waals surface area contributed by atoms with Crippen LogP contribution in [0.1, 0.15) is 11.4 Å². The van der Waals surface area contributed by atoms with Gasteiger partial charge in [-0.15, -0.1) is 0 Å². The molecule has 1 aromatic heterocycles. The molecule has 0 aliphatic carbocycles. The molecule has 0 atom stereocenters. The van der Waals surface area contributed by atoms with Crippen LogP contribution in [0, 0.1) is 18.3 Å². The van der Waals surface area contributed by atoms with E-state index in [1.807, 2.05) is 0 Å². The maximum Gasteiger partial charge on any atom is 0.387 e. The molecule has 0 unspecified atom stereocenters. The zero-order valence-corrected chi connectivity index (χ0v) is 12.1. The highest BCUT2D eigenvalue weighted by molar-refractivity contribution is 6.37. The van der Waals surface area contributed by atoms with Gasteiger partial charge in [0, 0.05) is 0 Å². The van der Waals surface area contributed by atoms with Gasteiger partial charge in [-0.25, -0.2) is 4.68 Å². The molecule has 0 radical (unpaired) electrons. The van der Waals surface area contributed by atoms with Gasteiger partial charge in [-0.2, -0.15) is 19.1 Å². The second-order valence-electron chi connectivity index (χ2n) is 3.99. The van der Waals surface area contributed by atoms with Crippen LogP contribution < -0.4 is 10.5 Å². The standard InChI is InChI=1S/C12H8Cl2F2N4O/c1-5-11(21-12(15)16)10(4-17)20(19-5)9-3-8(18)6(13)2-7(9)14/h2-3,12H,18H2,1H3. The lowest BCUT2D eigenvalue weighted by Crippen LogP contribution is -2.05. The van der Waals surface area contributed by atoms with Crippen molar-refractivity contribution < 1.29 is 13.5 Å². The first-order valence-corrected chi connectivity index (χ1v) is 6.30. The van der Waals surface area contributed by atoms with Crippen LogP contribution in [-0.4, -0.2) is 16.4 Å². The minimum absolute atomic E-state index is 0.122. The Bertz CT molecular complexity index is 740. The van der Waals surface area contributed by atoms with E-state index in [0.29, 0.717) is 0 Å². The summed E-state index contributed by atoms with van der Waals surface area (Å²) in [5.74, 6) is -0.308. The van der Waals surface area contributed by atoms with Gasteiger partial charge in [-0.05, 0) is 19.1 Å². The Morgan fingerprint density at radius 3 is 2.62 bits per heavy atom. The predicted molar refractivity (Wildman–Crippen MR) is 74.1 cm³/mol. The summed E-state index contributed by atoms with van der Waals surface area (Å²) in [4.78, 5) is 0. The first kappa shape index (κ1) is 15.4. The Morgan fingerprint density at radius 2 is 2.05 bits per heavy atom. The normalized spacial score (nSPS) is 10.7. The van der Waals surface area contributed by atoms with E-state index < -0.39 is 6.61 Å². The smallest absolute Gasteiger partial charge is 0.387 e. The number of aromatic nitrogens is 2. The molecule has 0 aliphatic rings. The highest BCUT2D eigenvalue weighted by atomic mass is 35.5. The van der Waals surface area contributed by atoms with E-state index in [1.165, 1.54) is 19.1 Å². The molecule has 0 spiro atoms. The number of aryl methyl sites for hydroxylation is 1. The van der Waals surface area contributed by atoms with Crippen molar-refractivity contribution in [3.63, 3.8) is 0 Å². The van der Waals surface area contributed by atoms with Crippen molar-refractivity contribution >= 4 is 28.9 Å². The Morgan fingerprint density at radius 1 is 1.38 bits per heavy atom. The monoisotopic (exact) mass is 332 g/mol. The van der Waals surface area contributed by atoms with Crippen molar-refractivity contribution in [2.75, 3.05) is 5.73 Å². The molecule has 0 amide bonds. The van der Waals surface area contributed by atoms with Gasteiger partial charge in [0.25, 0.3) is 0 Å². The Kier molecular flexibility index (Phi) is 4.21. The molecular weight excluding hydrogens is 325 g/mol. The Hall–Kier alpha value is -2.04. The minimum Gasteiger partial charge on any atom is -0.430 e. The average molecular weight is 333 g/mol. The van der Waals surface area contributed by atoms with Gasteiger partial charge in [-0.1, -0.05) is 23.2 Å². The molecule has 21 heavy (non-hydrogen) atoms. The number of rotatable bonds is 3. The number of nitriles is 1. The zero-order valence-electron chi connectivity index (χ0n) is 10.6. The topological polar surface area (TPSA) is 76.9 Å². The second kappa shape index (κ2) is 5.76. The third kappa shape index (κ3) is 2.86. The number of benzene rings is 1. The molecule has 2 aromatic rings. The molecule has 0 aliphatic heterocycles. The molecule has 2 rings (SSSR count). The summed E-state index contributed by atoms with van der Waals surface area (Å²) in [5, 5.41) is 13.5. The number of ether oxygens (including phenoxy) is 1. The average Bonchev–Trinajstić information content (AvgIpc) is 2.70. The lowest BCUT2D eigenvalue weighted by atomic mass is 10.2. The summed E-state index contributed by atoms with van der Waals surface area (Å²) in [6.07, 6.45) is 0. The van der Waals surface area contributed by atoms with E-state index in [2.05, 4.69) is 9.84 Å². The van der Waals surface area contributed by atoms with Gasteiger partial charge in [0.05, 0.1) is 21.4 Å². The summed E-state index contributed by atoms with van der Waals surface area (Å²) < 4.78 is 30.2. The maximum absolute atomic E-state index is 12.4. The summed E-state index contributed by atoms with van der Waals surface area (Å²) >= 11 is 11.9. The lowest BCUT2D eigenvalue weighted by Gasteiger charge is -2.08. The Balaban J connectivity index is 2.66. The van der Waals surface area contributed by atoms with Crippen molar-refractivity contribution in [3.05, 3.63) is 33.6 Å². The van der Waals surface area contributed by atoms with Crippen LogP contribution in [0.3, 0.4) is 0 Å². The van der Waals surface area contributed by atoms with Crippen molar-refractivity contribution in [2.24, 2.45) is 0 Å². The van der Waals surface area contributed by atoms with Crippen LogP contribution >= 0.6 is 23.2 Å². The number of alkyl halides is 2. The van der Waals surface area contributed by atoms with Gasteiger partial charge in [0.1, 0.15) is 11.8 Å². The van der Waals surface area contributed by atoms with E-state index in [0.717, 1.165) is 4.68 Å². The first-order valence-electron chi connectivity index (χ1n) is 5.54. The fraction of sp³-hybridized carbons (Fsp3) is 0.167. The molecule has 110 valence electrons. The molecule has 2 N–H and O–H groups in total. The summed E-state index contributed by atoms with van der Waals surface area (Å²) in [6.45, 7) is -1.64. The van der Waals surface area contributed by atoms with Crippen molar-refractivity contribution in [3.8, 4) is 17.5 Å². The number of nitrogen functional groups attached to an aromatic ring is 1. The maximum atomic E-state index is 12.4. The van der Waals surface area contributed by atoms with Gasteiger partial charge in [-0.3, -0.25) is 0 Å². The van der Waals surface area contributed by atoms with Crippen LogP contribution in [0.4, 0.5) is 14.5 Å². The second-order valence-corrected chi connectivity index (χ2v) is 4.80. The number of halogens is 4. The van der Waals surface area contributed by atoms with Crippen LogP contribution in [-0.2, 0) is 0 Å². The molecule has 1 heterocycles. The van der Waals surface area contributed by atoms with E-state index >= 15 is 0 Å². The number of nitrogens with two attached hydrogens (primary N) is 1. The third-order valence-corrected chi connectivity index (χ3v) is 3.24. The molecule has 0 fully saturated rings. The van der Waals surface area contributed by atoms with Crippen LogP contribution in [0.25, 0.3) is 5.69 Å². The Labute approximate surface area is 128 Å². The summed E-state index contributed by atoms with van der Waals surface area (Å²) in [5.41, 5.74) is 6.04. The van der Waals surface area contributed by atoms with E-state index in [1.54, 1.807) is 6.07 Å². The van der Waals surface area contributed by atoms with Crippen LogP contribution in [0.5, 0.6) is 5.75 Å². The molecular formula is C12H8Cl2F2N4O. The number of nitrogens with zero attached hydrogens (tertiary/aromatic N) is 3. The van der Waals surface area contributed by atoms with Crippen LogP contribution in [0.2, 0.25) is 10.0 Å².